The van der Waals surface area contributed by atoms with Gasteiger partial charge in [-0.15, -0.1) is 0 Å². The summed E-state index contributed by atoms with van der Waals surface area (Å²) in [5.74, 6) is 0.781. The molecule has 1 aliphatic heterocycles. The number of furan rings is 1. The molecule has 0 aliphatic carbocycles. The minimum atomic E-state index is -0.495. The molecule has 1 fully saturated rings. The Morgan fingerprint density at radius 1 is 0.833 bits per heavy atom. The third kappa shape index (κ3) is 5.58. The van der Waals surface area contributed by atoms with Crippen molar-refractivity contribution in [3.63, 3.8) is 0 Å². The molecule has 5 heteroatoms. The smallest absolute Gasteiger partial charge is 0.129 e. The molecule has 2 heterocycles. The highest BCUT2D eigenvalue weighted by molar-refractivity contribution is 5.31. The Kier molecular flexibility index (Phi) is 7.32. The van der Waals surface area contributed by atoms with Crippen LogP contribution < -0.4 is 0 Å². The van der Waals surface area contributed by atoms with Crippen LogP contribution in [0.4, 0.5) is 0 Å². The maximum Gasteiger partial charge on any atom is 0.129 e. The Hall–Kier alpha value is -2.44. The van der Waals surface area contributed by atoms with Crippen LogP contribution in [0.25, 0.3) is 0 Å². The third-order valence-electron chi connectivity index (χ3n) is 5.61. The van der Waals surface area contributed by atoms with Crippen LogP contribution in [0.5, 0.6) is 0 Å². The molecule has 1 aromatic heterocycles. The number of β-amino-alcohol motifs (C(OH)–C–C–N with tert-alkyl or cyclic N) is 1. The first kappa shape index (κ1) is 20.8. The minimum Gasteiger partial charge on any atom is -0.467 e. The summed E-state index contributed by atoms with van der Waals surface area (Å²) in [5, 5.41) is 10.4. The van der Waals surface area contributed by atoms with Crippen molar-refractivity contribution in [2.24, 2.45) is 0 Å². The monoisotopic (exact) mass is 406 g/mol. The molecule has 1 N–H and O–H groups in total. The summed E-state index contributed by atoms with van der Waals surface area (Å²) in [6, 6.07) is 25.4. The summed E-state index contributed by atoms with van der Waals surface area (Å²) in [5.41, 5.74) is 2.65. The number of benzene rings is 2. The van der Waals surface area contributed by atoms with Gasteiger partial charge in [-0.05, 0) is 23.3 Å². The van der Waals surface area contributed by atoms with Crippen LogP contribution in [0.15, 0.2) is 83.5 Å². The fourth-order valence-corrected chi connectivity index (χ4v) is 4.13. The van der Waals surface area contributed by atoms with E-state index in [1.165, 1.54) is 11.1 Å². The molecule has 2 aromatic carbocycles. The number of aliphatic hydroxyl groups is 1. The highest BCUT2D eigenvalue weighted by Gasteiger charge is 2.27. The maximum atomic E-state index is 10.4. The van der Waals surface area contributed by atoms with Crippen LogP contribution in [0.3, 0.4) is 0 Å². The van der Waals surface area contributed by atoms with Crippen LogP contribution in [-0.2, 0) is 11.3 Å². The van der Waals surface area contributed by atoms with E-state index in [0.717, 1.165) is 31.9 Å². The van der Waals surface area contributed by atoms with Crippen LogP contribution in [-0.4, -0.2) is 60.3 Å². The number of piperazine rings is 1. The molecule has 0 unspecified atom stereocenters. The molecular weight excluding hydrogens is 376 g/mol. The van der Waals surface area contributed by atoms with Crippen LogP contribution >= 0.6 is 0 Å². The van der Waals surface area contributed by atoms with Gasteiger partial charge in [0.2, 0.25) is 0 Å². The van der Waals surface area contributed by atoms with Crippen molar-refractivity contribution in [2.45, 2.75) is 18.8 Å². The summed E-state index contributed by atoms with van der Waals surface area (Å²) in [6.07, 6.45) is 1.14. The summed E-state index contributed by atoms with van der Waals surface area (Å²) in [4.78, 5) is 4.87. The molecule has 3 aromatic rings. The van der Waals surface area contributed by atoms with Crippen molar-refractivity contribution in [1.82, 2.24) is 9.80 Å². The van der Waals surface area contributed by atoms with Gasteiger partial charge in [-0.25, -0.2) is 0 Å². The number of rotatable bonds is 9. The molecular formula is C25H30N2O3. The highest BCUT2D eigenvalue weighted by Crippen LogP contribution is 2.29. The van der Waals surface area contributed by atoms with Gasteiger partial charge in [-0.1, -0.05) is 60.7 Å². The van der Waals surface area contributed by atoms with Crippen molar-refractivity contribution in [2.75, 3.05) is 39.3 Å². The second kappa shape index (κ2) is 10.5. The predicted molar refractivity (Wildman–Crippen MR) is 117 cm³/mol. The molecule has 0 spiro atoms. The lowest BCUT2D eigenvalue weighted by Gasteiger charge is -2.40. The molecule has 0 saturated carbocycles. The zero-order chi connectivity index (χ0) is 20.6. The van der Waals surface area contributed by atoms with Gasteiger partial charge in [0, 0.05) is 32.7 Å². The largest absolute Gasteiger partial charge is 0.467 e. The minimum absolute atomic E-state index is 0.260. The summed E-state index contributed by atoms with van der Waals surface area (Å²) >= 11 is 0. The number of aliphatic hydroxyl groups excluding tert-OH is 1. The van der Waals surface area contributed by atoms with E-state index in [9.17, 15) is 5.11 Å². The fourth-order valence-electron chi connectivity index (χ4n) is 4.13. The van der Waals surface area contributed by atoms with Crippen LogP contribution in [0.2, 0.25) is 0 Å². The van der Waals surface area contributed by atoms with E-state index in [0.29, 0.717) is 19.8 Å². The highest BCUT2D eigenvalue weighted by atomic mass is 16.5. The fraction of sp³-hybridized carbons (Fsp3) is 0.360. The third-order valence-corrected chi connectivity index (χ3v) is 5.61. The van der Waals surface area contributed by atoms with Crippen LogP contribution in [0.1, 0.15) is 22.9 Å². The maximum absolute atomic E-state index is 10.4. The quantitative estimate of drug-likeness (QED) is 0.589. The van der Waals surface area contributed by atoms with Crippen molar-refractivity contribution in [1.29, 1.82) is 0 Å². The number of nitrogens with zero attached hydrogens (tertiary/aromatic N) is 2. The Morgan fingerprint density at radius 3 is 2.03 bits per heavy atom. The first-order chi connectivity index (χ1) is 14.8. The van der Waals surface area contributed by atoms with Gasteiger partial charge < -0.3 is 14.3 Å². The van der Waals surface area contributed by atoms with Crippen LogP contribution in [0, 0.1) is 0 Å². The van der Waals surface area contributed by atoms with E-state index in [2.05, 4.69) is 70.5 Å². The van der Waals surface area contributed by atoms with Gasteiger partial charge in [0.15, 0.2) is 0 Å². The summed E-state index contributed by atoms with van der Waals surface area (Å²) < 4.78 is 10.8. The number of hydrogen-bond acceptors (Lipinski definition) is 5. The van der Waals surface area contributed by atoms with E-state index in [-0.39, 0.29) is 6.04 Å². The van der Waals surface area contributed by atoms with Crippen molar-refractivity contribution >= 4 is 0 Å². The van der Waals surface area contributed by atoms with E-state index < -0.39 is 6.10 Å². The first-order valence-electron chi connectivity index (χ1n) is 10.6. The molecule has 1 saturated heterocycles. The molecule has 1 atom stereocenters. The van der Waals surface area contributed by atoms with Gasteiger partial charge in [0.1, 0.15) is 12.4 Å². The van der Waals surface area contributed by atoms with Crippen molar-refractivity contribution in [3.8, 4) is 0 Å². The van der Waals surface area contributed by atoms with Gasteiger partial charge in [-0.2, -0.15) is 0 Å². The van der Waals surface area contributed by atoms with Gasteiger partial charge in [0.05, 0.1) is 25.0 Å². The van der Waals surface area contributed by atoms with E-state index in [1.807, 2.05) is 12.1 Å². The van der Waals surface area contributed by atoms with Gasteiger partial charge >= 0.3 is 0 Å². The molecule has 4 rings (SSSR count). The van der Waals surface area contributed by atoms with Gasteiger partial charge in [0.25, 0.3) is 0 Å². The normalized spacial score (nSPS) is 16.7. The molecule has 0 radical (unpaired) electrons. The van der Waals surface area contributed by atoms with E-state index in [4.69, 9.17) is 9.15 Å². The molecule has 0 bridgehead atoms. The summed E-state index contributed by atoms with van der Waals surface area (Å²) in [6.45, 7) is 5.15. The SMILES string of the molecule is O[C@@H](COCc1ccco1)CN1CCN(C(c2ccccc2)c2ccccc2)CC1. The molecule has 158 valence electrons. The molecule has 30 heavy (non-hydrogen) atoms. The van der Waals surface area contributed by atoms with Gasteiger partial charge in [-0.3, -0.25) is 9.80 Å². The standard InChI is InChI=1S/C25H30N2O3/c28-23(19-29-20-24-12-7-17-30-24)18-26-13-15-27(16-14-26)25(21-8-3-1-4-9-21)22-10-5-2-6-11-22/h1-12,17,23,25,28H,13-16,18-20H2/t23-/m1/s1. The average Bonchev–Trinajstić information content (AvgIpc) is 3.30. The topological polar surface area (TPSA) is 49.1 Å². The second-order valence-corrected chi connectivity index (χ2v) is 7.81. The lowest BCUT2D eigenvalue weighted by Crippen LogP contribution is -2.50. The molecule has 1 aliphatic rings. The summed E-state index contributed by atoms with van der Waals surface area (Å²) in [7, 11) is 0. The van der Waals surface area contributed by atoms with Crippen molar-refractivity contribution in [3.05, 3.63) is 95.9 Å². The Morgan fingerprint density at radius 2 is 1.47 bits per heavy atom. The van der Waals surface area contributed by atoms with E-state index >= 15 is 0 Å². The second-order valence-electron chi connectivity index (χ2n) is 7.81. The average molecular weight is 407 g/mol. The Bertz CT molecular complexity index is 807. The Balaban J connectivity index is 1.30. The van der Waals surface area contributed by atoms with Crippen molar-refractivity contribution < 1.29 is 14.3 Å². The molecule has 0 amide bonds. The van der Waals surface area contributed by atoms with E-state index in [1.54, 1.807) is 6.26 Å². The predicted octanol–water partition coefficient (Wildman–Crippen LogP) is 3.56. The lowest BCUT2D eigenvalue weighted by molar-refractivity contribution is -0.00449. The zero-order valence-corrected chi connectivity index (χ0v) is 17.3. The molecule has 5 nitrogen and oxygen atoms in total. The number of ether oxygens (including phenoxy) is 1. The zero-order valence-electron chi connectivity index (χ0n) is 17.3. The first-order valence-corrected chi connectivity index (χ1v) is 10.6. The number of hydrogen-bond donors (Lipinski definition) is 1. The lowest BCUT2D eigenvalue weighted by atomic mass is 9.96. The Labute approximate surface area is 178 Å².